The minimum Gasteiger partial charge on any atom is -0.468 e. The van der Waals surface area contributed by atoms with E-state index in [1.54, 1.807) is 38.1 Å². The van der Waals surface area contributed by atoms with Crippen LogP contribution in [0.4, 0.5) is 5.69 Å². The van der Waals surface area contributed by atoms with Crippen molar-refractivity contribution in [1.29, 1.82) is 0 Å². The van der Waals surface area contributed by atoms with E-state index < -0.39 is 22.0 Å². The number of benzene rings is 3. The molecule has 0 aliphatic heterocycles. The van der Waals surface area contributed by atoms with Crippen LogP contribution in [0, 0.1) is 30.1 Å². The standard InChI is InChI=1S/C34H36N2O6S/c1-21(2)30(33(38)41-7)36-43(39,40)27-17-13-24(14-18-27)23-11-15-26(16-12-23)35-32(37)31-22(3)29-25(19-20-34(4,5)6)9-8-10-28(29)42-31/h8-18,21,30,36H,1-7H3,(H,35,37). The number of ether oxygens (including phenoxy) is 1. The largest absolute Gasteiger partial charge is 0.468 e. The summed E-state index contributed by atoms with van der Waals surface area (Å²) in [7, 11) is -2.73. The first-order chi connectivity index (χ1) is 20.2. The predicted molar refractivity (Wildman–Crippen MR) is 168 cm³/mol. The molecule has 3 aromatic carbocycles. The van der Waals surface area contributed by atoms with Gasteiger partial charge in [0.25, 0.3) is 5.91 Å². The maximum atomic E-state index is 13.2. The molecule has 0 spiro atoms. The Morgan fingerprint density at radius 2 is 1.53 bits per heavy atom. The molecule has 43 heavy (non-hydrogen) atoms. The van der Waals surface area contributed by atoms with Crippen LogP contribution in [0.2, 0.25) is 0 Å². The van der Waals surface area contributed by atoms with Crippen LogP contribution in [0.3, 0.4) is 0 Å². The number of carbonyl (C=O) groups excluding carboxylic acids is 2. The highest BCUT2D eigenvalue weighted by Crippen LogP contribution is 2.30. The zero-order chi connectivity index (χ0) is 31.5. The average Bonchev–Trinajstić information content (AvgIpc) is 3.31. The number of furan rings is 1. The summed E-state index contributed by atoms with van der Waals surface area (Å²) in [5.74, 6) is 5.38. The number of rotatable bonds is 8. The lowest BCUT2D eigenvalue weighted by Crippen LogP contribution is -2.44. The average molecular weight is 601 g/mol. The van der Waals surface area contributed by atoms with Crippen LogP contribution < -0.4 is 10.0 Å². The van der Waals surface area contributed by atoms with Crippen LogP contribution in [0.1, 0.15) is 56.3 Å². The molecule has 4 aromatic rings. The van der Waals surface area contributed by atoms with Crippen molar-refractivity contribution in [1.82, 2.24) is 4.72 Å². The Hall–Kier alpha value is -4.39. The summed E-state index contributed by atoms with van der Waals surface area (Å²) < 4.78 is 38.9. The van der Waals surface area contributed by atoms with Gasteiger partial charge in [0.15, 0.2) is 5.76 Å². The number of nitrogens with one attached hydrogen (secondary N) is 2. The van der Waals surface area contributed by atoms with E-state index in [1.165, 1.54) is 19.2 Å². The zero-order valence-corrected chi connectivity index (χ0v) is 26.2. The van der Waals surface area contributed by atoms with E-state index in [2.05, 4.69) is 21.9 Å². The predicted octanol–water partition coefficient (Wildman–Crippen LogP) is 6.53. The molecule has 0 bridgehead atoms. The normalized spacial score (nSPS) is 12.5. The van der Waals surface area contributed by atoms with Crippen LogP contribution in [-0.4, -0.2) is 33.4 Å². The molecule has 0 fully saturated rings. The van der Waals surface area contributed by atoms with Crippen molar-refractivity contribution in [3.8, 4) is 23.0 Å². The number of esters is 1. The summed E-state index contributed by atoms with van der Waals surface area (Å²) in [6, 6.07) is 18.1. The highest BCUT2D eigenvalue weighted by molar-refractivity contribution is 7.89. The third-order valence-corrected chi connectivity index (χ3v) is 8.23. The number of aryl methyl sites for hydroxylation is 1. The summed E-state index contributed by atoms with van der Waals surface area (Å²) in [6.07, 6.45) is 0. The van der Waals surface area contributed by atoms with E-state index >= 15 is 0 Å². The van der Waals surface area contributed by atoms with Crippen LogP contribution >= 0.6 is 0 Å². The Kier molecular flexibility index (Phi) is 9.14. The van der Waals surface area contributed by atoms with Gasteiger partial charge in [-0.25, -0.2) is 8.42 Å². The summed E-state index contributed by atoms with van der Waals surface area (Å²) in [4.78, 5) is 25.2. The van der Waals surface area contributed by atoms with E-state index in [0.29, 0.717) is 11.3 Å². The Labute approximate surface area is 252 Å². The SMILES string of the molecule is COC(=O)C(NS(=O)(=O)c1ccc(-c2ccc(NC(=O)c3oc4cccc(C#CC(C)(C)C)c4c3C)cc2)cc1)C(C)C. The third-order valence-electron chi connectivity index (χ3n) is 6.78. The van der Waals surface area contributed by atoms with Gasteiger partial charge in [0.2, 0.25) is 10.0 Å². The molecule has 224 valence electrons. The smallest absolute Gasteiger partial charge is 0.324 e. The van der Waals surface area contributed by atoms with Gasteiger partial charge in [-0.05, 0) is 81.1 Å². The van der Waals surface area contributed by atoms with E-state index in [-0.39, 0.29) is 27.9 Å². The van der Waals surface area contributed by atoms with Crippen molar-refractivity contribution in [3.05, 3.63) is 83.6 Å². The Bertz CT molecular complexity index is 1820. The molecule has 1 heterocycles. The van der Waals surface area contributed by atoms with Crippen LogP contribution in [-0.2, 0) is 19.6 Å². The first-order valence-electron chi connectivity index (χ1n) is 13.9. The van der Waals surface area contributed by atoms with Gasteiger partial charge in [0.05, 0.1) is 12.0 Å². The molecule has 1 unspecified atom stereocenters. The van der Waals surface area contributed by atoms with Gasteiger partial charge in [-0.15, -0.1) is 0 Å². The van der Waals surface area contributed by atoms with Gasteiger partial charge in [0, 0.05) is 27.6 Å². The Morgan fingerprint density at radius 3 is 2.09 bits per heavy atom. The first-order valence-corrected chi connectivity index (χ1v) is 15.4. The highest BCUT2D eigenvalue weighted by atomic mass is 32.2. The van der Waals surface area contributed by atoms with Crippen molar-refractivity contribution in [3.63, 3.8) is 0 Å². The minimum absolute atomic E-state index is 0.0310. The molecular formula is C34H36N2O6S. The van der Waals surface area contributed by atoms with Crippen molar-refractivity contribution >= 4 is 38.6 Å². The lowest BCUT2D eigenvalue weighted by atomic mass is 9.96. The van der Waals surface area contributed by atoms with Gasteiger partial charge in [-0.1, -0.05) is 56.0 Å². The fraction of sp³-hybridized carbons (Fsp3) is 0.294. The molecule has 0 radical (unpaired) electrons. The minimum atomic E-state index is -3.95. The van der Waals surface area contributed by atoms with Crippen LogP contribution in [0.25, 0.3) is 22.1 Å². The molecule has 0 aliphatic rings. The number of hydrogen-bond donors (Lipinski definition) is 2. The molecule has 0 aliphatic carbocycles. The second-order valence-electron chi connectivity index (χ2n) is 11.7. The number of hydrogen-bond acceptors (Lipinski definition) is 6. The highest BCUT2D eigenvalue weighted by Gasteiger charge is 2.29. The summed E-state index contributed by atoms with van der Waals surface area (Å²) in [6.45, 7) is 11.4. The van der Waals surface area contributed by atoms with Crippen molar-refractivity contribution in [2.24, 2.45) is 11.3 Å². The second kappa shape index (κ2) is 12.5. The third kappa shape index (κ3) is 7.34. The maximum absolute atomic E-state index is 13.2. The second-order valence-corrected chi connectivity index (χ2v) is 13.4. The zero-order valence-electron chi connectivity index (χ0n) is 25.4. The lowest BCUT2D eigenvalue weighted by Gasteiger charge is -2.19. The summed E-state index contributed by atoms with van der Waals surface area (Å²) in [5, 5.41) is 3.71. The van der Waals surface area contributed by atoms with E-state index in [0.717, 1.165) is 27.6 Å². The van der Waals surface area contributed by atoms with E-state index in [4.69, 9.17) is 9.15 Å². The molecule has 1 amide bonds. The molecule has 8 nitrogen and oxygen atoms in total. The van der Waals surface area contributed by atoms with Gasteiger partial charge in [0.1, 0.15) is 11.6 Å². The van der Waals surface area contributed by atoms with Crippen LogP contribution in [0.5, 0.6) is 0 Å². The Balaban J connectivity index is 1.49. The van der Waals surface area contributed by atoms with Crippen molar-refractivity contribution in [2.75, 3.05) is 12.4 Å². The van der Waals surface area contributed by atoms with Crippen molar-refractivity contribution in [2.45, 2.75) is 52.5 Å². The monoisotopic (exact) mass is 600 g/mol. The summed E-state index contributed by atoms with van der Waals surface area (Å²) in [5.41, 5.74) is 4.16. The van der Waals surface area contributed by atoms with Gasteiger partial charge >= 0.3 is 5.97 Å². The molecule has 1 aromatic heterocycles. The Morgan fingerprint density at radius 1 is 0.930 bits per heavy atom. The lowest BCUT2D eigenvalue weighted by molar-refractivity contribution is -0.143. The molecule has 2 N–H and O–H groups in total. The van der Waals surface area contributed by atoms with E-state index in [1.807, 2.05) is 58.0 Å². The van der Waals surface area contributed by atoms with Gasteiger partial charge < -0.3 is 14.5 Å². The number of fused-ring (bicyclic) bond motifs is 1. The van der Waals surface area contributed by atoms with Gasteiger partial charge in [-0.3, -0.25) is 9.59 Å². The number of methoxy groups -OCH3 is 1. The van der Waals surface area contributed by atoms with E-state index in [9.17, 15) is 18.0 Å². The molecule has 9 heteroatoms. The fourth-order valence-corrected chi connectivity index (χ4v) is 5.79. The quantitative estimate of drug-likeness (QED) is 0.175. The molecule has 0 saturated carbocycles. The topological polar surface area (TPSA) is 115 Å². The molecular weight excluding hydrogens is 564 g/mol. The van der Waals surface area contributed by atoms with Gasteiger partial charge in [-0.2, -0.15) is 4.72 Å². The number of carbonyl (C=O) groups is 2. The fourth-order valence-electron chi connectivity index (χ4n) is 4.46. The molecule has 4 rings (SSSR count). The molecule has 1 atom stereocenters. The number of amides is 1. The number of sulfonamides is 1. The van der Waals surface area contributed by atoms with Crippen LogP contribution in [0.15, 0.2) is 76.0 Å². The first kappa shape index (κ1) is 31.5. The maximum Gasteiger partial charge on any atom is 0.324 e. The molecule has 0 saturated heterocycles. The summed E-state index contributed by atoms with van der Waals surface area (Å²) >= 11 is 0. The van der Waals surface area contributed by atoms with Crippen molar-refractivity contribution < 1.29 is 27.2 Å². The number of anilines is 1.